The summed E-state index contributed by atoms with van der Waals surface area (Å²) < 4.78 is 49.8. The maximum Gasteiger partial charge on any atom is 0.446 e. The van der Waals surface area contributed by atoms with Crippen LogP contribution in [-0.2, 0) is 0 Å². The molecular formula is C14H10F4N2OS. The fourth-order valence-electron chi connectivity index (χ4n) is 1.63. The monoisotopic (exact) mass is 330 g/mol. The van der Waals surface area contributed by atoms with Gasteiger partial charge < -0.3 is 10.6 Å². The number of hydrogen-bond donors (Lipinski definition) is 2. The highest BCUT2D eigenvalue weighted by molar-refractivity contribution is 8.00. The zero-order chi connectivity index (χ0) is 16.2. The Labute approximate surface area is 127 Å². The van der Waals surface area contributed by atoms with Crippen LogP contribution in [0, 0.1) is 5.82 Å². The van der Waals surface area contributed by atoms with Crippen LogP contribution in [0.3, 0.4) is 0 Å². The normalized spacial score (nSPS) is 11.1. The van der Waals surface area contributed by atoms with Crippen LogP contribution in [0.5, 0.6) is 0 Å². The number of hydrogen-bond acceptors (Lipinski definition) is 2. The molecule has 22 heavy (non-hydrogen) atoms. The van der Waals surface area contributed by atoms with Gasteiger partial charge in [0.15, 0.2) is 0 Å². The van der Waals surface area contributed by atoms with Crippen LogP contribution >= 0.6 is 11.8 Å². The van der Waals surface area contributed by atoms with Gasteiger partial charge in [-0.1, -0.05) is 12.1 Å². The molecule has 116 valence electrons. The number of rotatable bonds is 3. The lowest BCUT2D eigenvalue weighted by Gasteiger charge is -2.10. The molecule has 0 saturated heterocycles. The number of alkyl halides is 3. The van der Waals surface area contributed by atoms with Crippen molar-refractivity contribution in [3.63, 3.8) is 0 Å². The van der Waals surface area contributed by atoms with Gasteiger partial charge in [-0.15, -0.1) is 0 Å². The molecule has 2 amide bonds. The molecule has 0 spiro atoms. The highest BCUT2D eigenvalue weighted by Crippen LogP contribution is 2.37. The van der Waals surface area contributed by atoms with Crippen LogP contribution in [0.15, 0.2) is 53.4 Å². The minimum atomic E-state index is -4.40. The molecule has 0 aromatic heterocycles. The zero-order valence-corrected chi connectivity index (χ0v) is 11.8. The SMILES string of the molecule is O=C(Nc1cccc(F)c1)Nc1cccc(SC(F)(F)F)c1. The molecule has 0 atom stereocenters. The van der Waals surface area contributed by atoms with Crippen molar-refractivity contribution in [1.82, 2.24) is 0 Å². The summed E-state index contributed by atoms with van der Waals surface area (Å²) in [5, 5.41) is 4.76. The van der Waals surface area contributed by atoms with Crippen LogP contribution < -0.4 is 10.6 Å². The minimum absolute atomic E-state index is 0.0453. The summed E-state index contributed by atoms with van der Waals surface area (Å²) in [5.41, 5.74) is -3.97. The van der Waals surface area contributed by atoms with Gasteiger partial charge >= 0.3 is 11.5 Å². The molecular weight excluding hydrogens is 320 g/mol. The maximum absolute atomic E-state index is 13.0. The number of halogens is 4. The average Bonchev–Trinajstić information content (AvgIpc) is 2.36. The Bertz CT molecular complexity index is 676. The molecule has 0 aliphatic rings. The van der Waals surface area contributed by atoms with Crippen LogP contribution in [0.25, 0.3) is 0 Å². The van der Waals surface area contributed by atoms with Gasteiger partial charge in [-0.3, -0.25) is 0 Å². The Kier molecular flexibility index (Phi) is 4.92. The topological polar surface area (TPSA) is 41.1 Å². The summed E-state index contributed by atoms with van der Waals surface area (Å²) in [6.45, 7) is 0. The maximum atomic E-state index is 13.0. The van der Waals surface area contributed by atoms with Crippen LogP contribution in [0.4, 0.5) is 33.7 Å². The molecule has 0 saturated carbocycles. The van der Waals surface area contributed by atoms with Gasteiger partial charge in [0.05, 0.1) is 0 Å². The molecule has 3 nitrogen and oxygen atoms in total. The lowest BCUT2D eigenvalue weighted by atomic mass is 10.3. The number of benzene rings is 2. The molecule has 0 radical (unpaired) electrons. The molecule has 0 heterocycles. The number of thioether (sulfide) groups is 1. The van der Waals surface area contributed by atoms with Crippen molar-refractivity contribution in [2.75, 3.05) is 10.6 Å². The molecule has 2 aromatic carbocycles. The fourth-order valence-corrected chi connectivity index (χ4v) is 2.23. The first-order chi connectivity index (χ1) is 10.3. The molecule has 2 aromatic rings. The first kappa shape index (κ1) is 16.2. The Hall–Kier alpha value is -2.22. The predicted octanol–water partition coefficient (Wildman–Crippen LogP) is 5.08. The minimum Gasteiger partial charge on any atom is -0.308 e. The van der Waals surface area contributed by atoms with Crippen molar-refractivity contribution in [3.05, 3.63) is 54.3 Å². The van der Waals surface area contributed by atoms with Gasteiger partial charge in [0.25, 0.3) is 0 Å². The zero-order valence-electron chi connectivity index (χ0n) is 10.9. The fraction of sp³-hybridized carbons (Fsp3) is 0.0714. The molecule has 0 fully saturated rings. The largest absolute Gasteiger partial charge is 0.446 e. The van der Waals surface area contributed by atoms with E-state index in [2.05, 4.69) is 10.6 Å². The van der Waals surface area contributed by atoms with Crippen molar-refractivity contribution < 1.29 is 22.4 Å². The smallest absolute Gasteiger partial charge is 0.308 e. The summed E-state index contributed by atoms with van der Waals surface area (Å²) in [6.07, 6.45) is 0. The molecule has 0 aliphatic carbocycles. The van der Waals surface area contributed by atoms with E-state index in [1.54, 1.807) is 0 Å². The van der Waals surface area contributed by atoms with Crippen LogP contribution in [0.2, 0.25) is 0 Å². The van der Waals surface area contributed by atoms with E-state index in [0.29, 0.717) is 0 Å². The van der Waals surface area contributed by atoms with Crippen LogP contribution in [0.1, 0.15) is 0 Å². The quantitative estimate of drug-likeness (QED) is 0.608. The Balaban J connectivity index is 2.01. The van der Waals surface area contributed by atoms with E-state index in [-0.39, 0.29) is 28.0 Å². The van der Waals surface area contributed by atoms with Gasteiger partial charge in [-0.2, -0.15) is 13.2 Å². The van der Waals surface area contributed by atoms with E-state index in [0.717, 1.165) is 6.07 Å². The third-order valence-corrected chi connectivity index (χ3v) is 3.13. The van der Waals surface area contributed by atoms with Crippen molar-refractivity contribution in [1.29, 1.82) is 0 Å². The van der Waals surface area contributed by atoms with Crippen molar-refractivity contribution >= 4 is 29.2 Å². The van der Waals surface area contributed by atoms with E-state index in [1.165, 1.54) is 42.5 Å². The number of anilines is 2. The average molecular weight is 330 g/mol. The molecule has 0 unspecified atom stereocenters. The first-order valence-corrected chi connectivity index (χ1v) is 6.83. The number of carbonyl (C=O) groups is 1. The second kappa shape index (κ2) is 6.69. The number of urea groups is 1. The molecule has 0 aliphatic heterocycles. The van der Waals surface area contributed by atoms with Crippen molar-refractivity contribution in [2.45, 2.75) is 10.4 Å². The lowest BCUT2D eigenvalue weighted by Crippen LogP contribution is -2.19. The van der Waals surface area contributed by atoms with Gasteiger partial charge in [0, 0.05) is 16.3 Å². The van der Waals surface area contributed by atoms with Gasteiger partial charge in [-0.25, -0.2) is 9.18 Å². The van der Waals surface area contributed by atoms with Gasteiger partial charge in [0.1, 0.15) is 5.82 Å². The summed E-state index contributed by atoms with van der Waals surface area (Å²) in [7, 11) is 0. The summed E-state index contributed by atoms with van der Waals surface area (Å²) in [4.78, 5) is 11.7. The Morgan fingerprint density at radius 2 is 1.55 bits per heavy atom. The summed E-state index contributed by atoms with van der Waals surface area (Å²) in [5.74, 6) is -0.513. The molecule has 0 bridgehead atoms. The second-order valence-electron chi connectivity index (χ2n) is 4.17. The number of carbonyl (C=O) groups excluding carboxylic acids is 1. The number of nitrogens with one attached hydrogen (secondary N) is 2. The summed E-state index contributed by atoms with van der Waals surface area (Å²) in [6, 6.07) is 9.90. The van der Waals surface area contributed by atoms with Crippen molar-refractivity contribution in [2.24, 2.45) is 0 Å². The molecule has 2 N–H and O–H groups in total. The van der Waals surface area contributed by atoms with E-state index in [4.69, 9.17) is 0 Å². The Morgan fingerprint density at radius 1 is 0.955 bits per heavy atom. The van der Waals surface area contributed by atoms with E-state index < -0.39 is 17.4 Å². The standard InChI is InChI=1S/C14H10F4N2OS/c15-9-3-1-4-10(7-9)19-13(21)20-11-5-2-6-12(8-11)22-14(16,17)18/h1-8H,(H2,19,20,21). The van der Waals surface area contributed by atoms with E-state index in [1.807, 2.05) is 0 Å². The first-order valence-electron chi connectivity index (χ1n) is 6.01. The summed E-state index contributed by atoms with van der Waals surface area (Å²) >= 11 is -0.273. The van der Waals surface area contributed by atoms with Gasteiger partial charge in [0.2, 0.25) is 0 Å². The third-order valence-electron chi connectivity index (χ3n) is 2.41. The molecule has 2 rings (SSSR count). The highest BCUT2D eigenvalue weighted by Gasteiger charge is 2.29. The highest BCUT2D eigenvalue weighted by atomic mass is 32.2. The van der Waals surface area contributed by atoms with E-state index >= 15 is 0 Å². The third kappa shape index (κ3) is 5.28. The Morgan fingerprint density at radius 3 is 2.14 bits per heavy atom. The molecule has 8 heteroatoms. The van der Waals surface area contributed by atoms with Crippen LogP contribution in [-0.4, -0.2) is 11.5 Å². The van der Waals surface area contributed by atoms with Gasteiger partial charge in [-0.05, 0) is 48.2 Å². The second-order valence-corrected chi connectivity index (χ2v) is 5.30. The predicted molar refractivity (Wildman–Crippen MR) is 77.4 cm³/mol. The van der Waals surface area contributed by atoms with Crippen molar-refractivity contribution in [3.8, 4) is 0 Å². The lowest BCUT2D eigenvalue weighted by molar-refractivity contribution is -0.0328. The van der Waals surface area contributed by atoms with E-state index in [9.17, 15) is 22.4 Å². The number of amides is 2.